The van der Waals surface area contributed by atoms with Crippen molar-refractivity contribution in [2.45, 2.75) is 39.0 Å². The lowest BCUT2D eigenvalue weighted by atomic mass is 9.78. The van der Waals surface area contributed by atoms with Crippen LogP contribution in [-0.2, 0) is 11.2 Å². The van der Waals surface area contributed by atoms with E-state index in [1.165, 1.54) is 5.56 Å². The van der Waals surface area contributed by atoms with Crippen LogP contribution in [0.3, 0.4) is 0 Å². The van der Waals surface area contributed by atoms with Crippen molar-refractivity contribution < 1.29 is 9.59 Å². The van der Waals surface area contributed by atoms with Gasteiger partial charge in [-0.1, -0.05) is 36.4 Å². The van der Waals surface area contributed by atoms with Crippen LogP contribution < -0.4 is 0 Å². The summed E-state index contributed by atoms with van der Waals surface area (Å²) in [6.07, 6.45) is 4.62. The predicted molar refractivity (Wildman–Crippen MR) is 113 cm³/mol. The van der Waals surface area contributed by atoms with E-state index in [9.17, 15) is 9.59 Å². The molecule has 0 bridgehead atoms. The van der Waals surface area contributed by atoms with E-state index in [0.29, 0.717) is 18.8 Å². The molecule has 2 fully saturated rings. The SMILES string of the molecule is Cc1cccc(C(=O)N2CC[C@]3(CCCN(CCCc4ccccc4)C3=O)C2)n1. The van der Waals surface area contributed by atoms with Gasteiger partial charge in [-0.2, -0.15) is 0 Å². The van der Waals surface area contributed by atoms with E-state index in [1.54, 1.807) is 6.07 Å². The zero-order valence-corrected chi connectivity index (χ0v) is 17.1. The molecule has 2 aliphatic rings. The number of carbonyl (C=O) groups is 2. The molecule has 2 aromatic rings. The number of rotatable bonds is 5. The Morgan fingerprint density at radius 2 is 1.90 bits per heavy atom. The third-order valence-electron chi connectivity index (χ3n) is 6.31. The van der Waals surface area contributed by atoms with Crippen LogP contribution >= 0.6 is 0 Å². The molecule has 0 unspecified atom stereocenters. The zero-order valence-electron chi connectivity index (χ0n) is 17.1. The topological polar surface area (TPSA) is 53.5 Å². The van der Waals surface area contributed by atoms with E-state index in [0.717, 1.165) is 50.9 Å². The summed E-state index contributed by atoms with van der Waals surface area (Å²) in [6, 6.07) is 15.9. The molecule has 4 rings (SSSR count). The quantitative estimate of drug-likeness (QED) is 0.784. The summed E-state index contributed by atoms with van der Waals surface area (Å²) < 4.78 is 0. The van der Waals surface area contributed by atoms with Gasteiger partial charge < -0.3 is 9.80 Å². The van der Waals surface area contributed by atoms with Gasteiger partial charge in [0.05, 0.1) is 5.41 Å². The first-order valence-corrected chi connectivity index (χ1v) is 10.6. The second-order valence-corrected chi connectivity index (χ2v) is 8.41. The first-order valence-electron chi connectivity index (χ1n) is 10.6. The van der Waals surface area contributed by atoms with Crippen molar-refractivity contribution in [1.29, 1.82) is 0 Å². The Labute approximate surface area is 172 Å². The molecular formula is C24H29N3O2. The van der Waals surface area contributed by atoms with E-state index >= 15 is 0 Å². The molecule has 5 nitrogen and oxygen atoms in total. The maximum absolute atomic E-state index is 13.3. The number of carbonyl (C=O) groups excluding carboxylic acids is 2. The molecule has 1 spiro atoms. The van der Waals surface area contributed by atoms with Crippen molar-refractivity contribution in [3.8, 4) is 0 Å². The summed E-state index contributed by atoms with van der Waals surface area (Å²) in [7, 11) is 0. The van der Waals surface area contributed by atoms with Gasteiger partial charge in [0.2, 0.25) is 5.91 Å². The molecule has 2 aliphatic heterocycles. The molecule has 3 heterocycles. The molecule has 0 aliphatic carbocycles. The van der Waals surface area contributed by atoms with Gasteiger partial charge in [0.1, 0.15) is 5.69 Å². The van der Waals surface area contributed by atoms with Crippen LogP contribution in [0.2, 0.25) is 0 Å². The van der Waals surface area contributed by atoms with Gasteiger partial charge in [-0.25, -0.2) is 4.98 Å². The Balaban J connectivity index is 1.37. The van der Waals surface area contributed by atoms with Gasteiger partial charge in [0.15, 0.2) is 0 Å². The van der Waals surface area contributed by atoms with Crippen molar-refractivity contribution in [2.24, 2.45) is 5.41 Å². The third-order valence-corrected chi connectivity index (χ3v) is 6.31. The Morgan fingerprint density at radius 3 is 2.69 bits per heavy atom. The zero-order chi connectivity index (χ0) is 20.3. The summed E-state index contributed by atoms with van der Waals surface area (Å²) in [4.78, 5) is 34.4. The normalized spacial score (nSPS) is 21.8. The minimum absolute atomic E-state index is 0.0559. The number of benzene rings is 1. The molecule has 1 atom stereocenters. The number of hydrogen-bond donors (Lipinski definition) is 0. The molecule has 152 valence electrons. The number of piperidine rings is 1. The van der Waals surface area contributed by atoms with Gasteiger partial charge in [-0.05, 0) is 56.7 Å². The minimum atomic E-state index is -0.398. The number of pyridine rings is 1. The molecule has 2 amide bonds. The monoisotopic (exact) mass is 391 g/mol. The van der Waals surface area contributed by atoms with Crippen LogP contribution in [0.25, 0.3) is 0 Å². The van der Waals surface area contributed by atoms with Crippen LogP contribution in [0.5, 0.6) is 0 Å². The maximum atomic E-state index is 13.3. The molecule has 0 saturated carbocycles. The molecule has 1 aromatic heterocycles. The van der Waals surface area contributed by atoms with Gasteiger partial charge >= 0.3 is 0 Å². The summed E-state index contributed by atoms with van der Waals surface area (Å²) in [5.41, 5.74) is 2.23. The third kappa shape index (κ3) is 4.19. The van der Waals surface area contributed by atoms with Gasteiger partial charge in [0.25, 0.3) is 5.91 Å². The van der Waals surface area contributed by atoms with E-state index < -0.39 is 5.41 Å². The number of aryl methyl sites for hydroxylation is 2. The lowest BCUT2D eigenvalue weighted by Crippen LogP contribution is -2.50. The number of hydrogen-bond acceptors (Lipinski definition) is 3. The summed E-state index contributed by atoms with van der Waals surface area (Å²) in [5.74, 6) is 0.184. The second-order valence-electron chi connectivity index (χ2n) is 8.41. The highest BCUT2D eigenvalue weighted by Crippen LogP contribution is 2.40. The average Bonchev–Trinajstić information content (AvgIpc) is 3.16. The largest absolute Gasteiger partial charge is 0.342 e. The van der Waals surface area contributed by atoms with Crippen LogP contribution in [0.1, 0.15) is 47.4 Å². The van der Waals surface area contributed by atoms with Crippen molar-refractivity contribution in [1.82, 2.24) is 14.8 Å². The minimum Gasteiger partial charge on any atom is -0.342 e. The molecule has 2 saturated heterocycles. The fraction of sp³-hybridized carbons (Fsp3) is 0.458. The Morgan fingerprint density at radius 1 is 1.07 bits per heavy atom. The number of aromatic nitrogens is 1. The molecule has 0 N–H and O–H groups in total. The number of nitrogens with zero attached hydrogens (tertiary/aromatic N) is 3. The van der Waals surface area contributed by atoms with Crippen molar-refractivity contribution in [3.05, 3.63) is 65.5 Å². The first-order chi connectivity index (χ1) is 14.1. The van der Waals surface area contributed by atoms with Crippen LogP contribution in [-0.4, -0.2) is 52.8 Å². The van der Waals surface area contributed by atoms with E-state index in [1.807, 2.05) is 34.9 Å². The summed E-state index contributed by atoms with van der Waals surface area (Å²) in [6.45, 7) is 4.68. The van der Waals surface area contributed by atoms with Crippen molar-refractivity contribution >= 4 is 11.8 Å². The second kappa shape index (κ2) is 8.36. The highest BCUT2D eigenvalue weighted by molar-refractivity contribution is 5.94. The molecule has 29 heavy (non-hydrogen) atoms. The lowest BCUT2D eigenvalue weighted by molar-refractivity contribution is -0.145. The van der Waals surface area contributed by atoms with Crippen molar-refractivity contribution in [3.63, 3.8) is 0 Å². The molecular weight excluding hydrogens is 362 g/mol. The highest BCUT2D eigenvalue weighted by Gasteiger charge is 2.49. The number of likely N-dealkylation sites (tertiary alicyclic amines) is 2. The van der Waals surface area contributed by atoms with Gasteiger partial charge in [-0.15, -0.1) is 0 Å². The number of amides is 2. The molecule has 1 aromatic carbocycles. The standard InChI is InChI=1S/C24H29N3O2/c1-19-8-5-12-21(25-19)22(28)27-17-14-24(18-27)13-7-16-26(23(24)29)15-6-11-20-9-3-2-4-10-20/h2-5,8-10,12H,6-7,11,13-18H2,1H3/t24-/m1/s1. The van der Waals surface area contributed by atoms with E-state index in [4.69, 9.17) is 0 Å². The Hall–Kier alpha value is -2.69. The molecule has 0 radical (unpaired) electrons. The fourth-order valence-corrected chi connectivity index (χ4v) is 4.73. The first kappa shape index (κ1) is 19.6. The summed E-state index contributed by atoms with van der Waals surface area (Å²) >= 11 is 0. The van der Waals surface area contributed by atoms with Crippen LogP contribution in [0.4, 0.5) is 0 Å². The van der Waals surface area contributed by atoms with Crippen molar-refractivity contribution in [2.75, 3.05) is 26.2 Å². The molecule has 5 heteroatoms. The average molecular weight is 392 g/mol. The van der Waals surface area contributed by atoms with Gasteiger partial charge in [0, 0.05) is 31.9 Å². The van der Waals surface area contributed by atoms with E-state index in [-0.39, 0.29) is 11.8 Å². The maximum Gasteiger partial charge on any atom is 0.272 e. The smallest absolute Gasteiger partial charge is 0.272 e. The lowest BCUT2D eigenvalue weighted by Gasteiger charge is -2.39. The Bertz CT molecular complexity index is 883. The van der Waals surface area contributed by atoms with Crippen LogP contribution in [0.15, 0.2) is 48.5 Å². The van der Waals surface area contributed by atoms with E-state index in [2.05, 4.69) is 29.2 Å². The Kier molecular flexibility index (Phi) is 5.65. The fourth-order valence-electron chi connectivity index (χ4n) is 4.73. The predicted octanol–water partition coefficient (Wildman–Crippen LogP) is 3.48. The van der Waals surface area contributed by atoms with Gasteiger partial charge in [-0.3, -0.25) is 9.59 Å². The van der Waals surface area contributed by atoms with Crippen LogP contribution in [0, 0.1) is 12.3 Å². The summed E-state index contributed by atoms with van der Waals surface area (Å²) in [5, 5.41) is 0. The highest BCUT2D eigenvalue weighted by atomic mass is 16.2.